The fourth-order valence-corrected chi connectivity index (χ4v) is 3.78. The summed E-state index contributed by atoms with van der Waals surface area (Å²) in [6.07, 6.45) is 1.81. The van der Waals surface area contributed by atoms with Crippen LogP contribution in [-0.2, 0) is 16.0 Å². The van der Waals surface area contributed by atoms with E-state index in [0.717, 1.165) is 35.7 Å². The standard InChI is InChI=1S/C17H20FN3O2S/c1-11(17(23)21-4-6-24-7-5-21)20-16(22)8-12-10-19-15-3-2-13(18)9-14(12)15/h2-3,9-11,19H,4-8H2,1H3,(H,20,22)/t11-/m0/s1. The number of aromatic amines is 1. The lowest BCUT2D eigenvalue weighted by Crippen LogP contribution is -2.49. The number of benzene rings is 1. The van der Waals surface area contributed by atoms with Crippen molar-refractivity contribution in [2.24, 2.45) is 0 Å². The predicted molar refractivity (Wildman–Crippen MR) is 93.5 cm³/mol. The summed E-state index contributed by atoms with van der Waals surface area (Å²) in [7, 11) is 0. The molecule has 1 aliphatic heterocycles. The Bertz CT molecular complexity index is 755. The van der Waals surface area contributed by atoms with Crippen molar-refractivity contribution in [3.05, 3.63) is 35.8 Å². The maximum absolute atomic E-state index is 13.4. The van der Waals surface area contributed by atoms with Gasteiger partial charge in [-0.25, -0.2) is 4.39 Å². The highest BCUT2D eigenvalue weighted by Gasteiger charge is 2.23. The highest BCUT2D eigenvalue weighted by Crippen LogP contribution is 2.20. The maximum atomic E-state index is 13.4. The quantitative estimate of drug-likeness (QED) is 0.886. The van der Waals surface area contributed by atoms with Gasteiger partial charge in [-0.05, 0) is 30.7 Å². The van der Waals surface area contributed by atoms with Crippen molar-refractivity contribution < 1.29 is 14.0 Å². The number of halogens is 1. The van der Waals surface area contributed by atoms with E-state index in [2.05, 4.69) is 10.3 Å². The Morgan fingerprint density at radius 2 is 2.12 bits per heavy atom. The lowest BCUT2D eigenvalue weighted by molar-refractivity contribution is -0.135. The molecule has 0 radical (unpaired) electrons. The first-order chi connectivity index (χ1) is 11.5. The van der Waals surface area contributed by atoms with Gasteiger partial charge in [0, 0.05) is 41.7 Å². The van der Waals surface area contributed by atoms with Gasteiger partial charge in [-0.1, -0.05) is 0 Å². The Morgan fingerprint density at radius 1 is 1.38 bits per heavy atom. The van der Waals surface area contributed by atoms with Crippen LogP contribution >= 0.6 is 11.8 Å². The van der Waals surface area contributed by atoms with Crippen LogP contribution in [0.5, 0.6) is 0 Å². The van der Waals surface area contributed by atoms with E-state index in [1.807, 2.05) is 11.8 Å². The summed E-state index contributed by atoms with van der Waals surface area (Å²) in [6.45, 7) is 3.16. The highest BCUT2D eigenvalue weighted by molar-refractivity contribution is 7.99. The second kappa shape index (κ2) is 7.25. The third-order valence-electron chi connectivity index (χ3n) is 4.15. The number of rotatable bonds is 4. The predicted octanol–water partition coefficient (Wildman–Crippen LogP) is 1.93. The first-order valence-electron chi connectivity index (χ1n) is 7.96. The molecule has 2 N–H and O–H groups in total. The Morgan fingerprint density at radius 3 is 2.88 bits per heavy atom. The molecule has 5 nitrogen and oxygen atoms in total. The number of nitrogens with zero attached hydrogens (tertiary/aromatic N) is 1. The van der Waals surface area contributed by atoms with Crippen LogP contribution < -0.4 is 5.32 Å². The summed E-state index contributed by atoms with van der Waals surface area (Å²) < 4.78 is 13.4. The molecule has 0 spiro atoms. The monoisotopic (exact) mass is 349 g/mol. The van der Waals surface area contributed by atoms with E-state index < -0.39 is 6.04 Å². The molecule has 0 unspecified atom stereocenters. The first-order valence-corrected chi connectivity index (χ1v) is 9.11. The molecular weight excluding hydrogens is 329 g/mol. The molecule has 0 bridgehead atoms. The summed E-state index contributed by atoms with van der Waals surface area (Å²) >= 11 is 1.83. The number of nitrogens with one attached hydrogen (secondary N) is 2. The van der Waals surface area contributed by atoms with Gasteiger partial charge in [-0.2, -0.15) is 11.8 Å². The molecule has 7 heteroatoms. The van der Waals surface area contributed by atoms with Crippen molar-refractivity contribution in [3.8, 4) is 0 Å². The molecule has 128 valence electrons. The number of carbonyl (C=O) groups excluding carboxylic acids is 2. The largest absolute Gasteiger partial charge is 0.361 e. The molecular formula is C17H20FN3O2S. The third kappa shape index (κ3) is 3.72. The number of hydrogen-bond donors (Lipinski definition) is 2. The van der Waals surface area contributed by atoms with Crippen LogP contribution in [0, 0.1) is 5.82 Å². The van der Waals surface area contributed by atoms with Gasteiger partial charge in [0.2, 0.25) is 11.8 Å². The van der Waals surface area contributed by atoms with Gasteiger partial charge in [-0.15, -0.1) is 0 Å². The second-order valence-electron chi connectivity index (χ2n) is 5.91. The zero-order chi connectivity index (χ0) is 17.1. The van der Waals surface area contributed by atoms with Crippen LogP contribution in [0.1, 0.15) is 12.5 Å². The van der Waals surface area contributed by atoms with Crippen molar-refractivity contribution in [3.63, 3.8) is 0 Å². The third-order valence-corrected chi connectivity index (χ3v) is 5.09. The topological polar surface area (TPSA) is 65.2 Å². The van der Waals surface area contributed by atoms with Crippen LogP contribution in [0.15, 0.2) is 24.4 Å². The number of aromatic nitrogens is 1. The smallest absolute Gasteiger partial charge is 0.244 e. The van der Waals surface area contributed by atoms with E-state index in [-0.39, 0.29) is 24.1 Å². The Labute approximate surface area is 144 Å². The lowest BCUT2D eigenvalue weighted by atomic mass is 10.1. The normalized spacial score (nSPS) is 16.2. The summed E-state index contributed by atoms with van der Waals surface area (Å²) in [6, 6.07) is 3.88. The van der Waals surface area contributed by atoms with Gasteiger partial charge < -0.3 is 15.2 Å². The average Bonchev–Trinajstić information content (AvgIpc) is 2.97. The minimum absolute atomic E-state index is 0.0476. The minimum Gasteiger partial charge on any atom is -0.361 e. The van der Waals surface area contributed by atoms with Gasteiger partial charge in [0.1, 0.15) is 11.9 Å². The fourth-order valence-electron chi connectivity index (χ4n) is 2.88. The molecule has 0 aliphatic carbocycles. The Balaban J connectivity index is 1.62. The van der Waals surface area contributed by atoms with Crippen LogP contribution in [0.3, 0.4) is 0 Å². The van der Waals surface area contributed by atoms with Crippen molar-refractivity contribution in [1.29, 1.82) is 0 Å². The van der Waals surface area contributed by atoms with Crippen LogP contribution in [0.4, 0.5) is 4.39 Å². The highest BCUT2D eigenvalue weighted by atomic mass is 32.2. The van der Waals surface area contributed by atoms with E-state index in [1.54, 1.807) is 24.1 Å². The Kier molecular flexibility index (Phi) is 5.08. The summed E-state index contributed by atoms with van der Waals surface area (Å²) in [5.74, 6) is 1.25. The molecule has 1 aromatic carbocycles. The van der Waals surface area contributed by atoms with E-state index in [0.29, 0.717) is 5.39 Å². The number of hydrogen-bond acceptors (Lipinski definition) is 3. The van der Waals surface area contributed by atoms with Crippen LogP contribution in [0.2, 0.25) is 0 Å². The first kappa shape index (κ1) is 16.8. The summed E-state index contributed by atoms with van der Waals surface area (Å²) in [4.78, 5) is 29.4. The van der Waals surface area contributed by atoms with Gasteiger partial charge >= 0.3 is 0 Å². The van der Waals surface area contributed by atoms with Gasteiger partial charge in [0.15, 0.2) is 0 Å². The zero-order valence-electron chi connectivity index (χ0n) is 13.5. The van der Waals surface area contributed by atoms with Crippen molar-refractivity contribution in [2.75, 3.05) is 24.6 Å². The van der Waals surface area contributed by atoms with E-state index in [1.165, 1.54) is 12.1 Å². The van der Waals surface area contributed by atoms with E-state index >= 15 is 0 Å². The van der Waals surface area contributed by atoms with Gasteiger partial charge in [0.05, 0.1) is 6.42 Å². The molecule has 1 saturated heterocycles. The number of H-pyrrole nitrogens is 1. The average molecular weight is 349 g/mol. The summed E-state index contributed by atoms with van der Waals surface area (Å²) in [5.41, 5.74) is 1.50. The lowest BCUT2D eigenvalue weighted by Gasteiger charge is -2.29. The molecule has 1 atom stereocenters. The number of thioether (sulfide) groups is 1. The van der Waals surface area contributed by atoms with Crippen LogP contribution in [0.25, 0.3) is 10.9 Å². The molecule has 2 amide bonds. The molecule has 1 fully saturated rings. The zero-order valence-corrected chi connectivity index (χ0v) is 14.3. The molecule has 1 aliphatic rings. The summed E-state index contributed by atoms with van der Waals surface area (Å²) in [5, 5.41) is 3.44. The maximum Gasteiger partial charge on any atom is 0.244 e. The molecule has 2 aromatic rings. The number of carbonyl (C=O) groups is 2. The molecule has 3 rings (SSSR count). The van der Waals surface area contributed by atoms with Gasteiger partial charge in [-0.3, -0.25) is 9.59 Å². The number of fused-ring (bicyclic) bond motifs is 1. The second-order valence-corrected chi connectivity index (χ2v) is 7.13. The van der Waals surface area contributed by atoms with Crippen molar-refractivity contribution >= 4 is 34.5 Å². The fraction of sp³-hybridized carbons (Fsp3) is 0.412. The molecule has 24 heavy (non-hydrogen) atoms. The van der Waals surface area contributed by atoms with Crippen LogP contribution in [-0.4, -0.2) is 52.3 Å². The van der Waals surface area contributed by atoms with E-state index in [4.69, 9.17) is 0 Å². The van der Waals surface area contributed by atoms with Crippen molar-refractivity contribution in [2.45, 2.75) is 19.4 Å². The number of amides is 2. The SMILES string of the molecule is C[C@H](NC(=O)Cc1c[nH]c2ccc(F)cc12)C(=O)N1CCSCC1. The van der Waals surface area contributed by atoms with Gasteiger partial charge in [0.25, 0.3) is 0 Å². The molecule has 0 saturated carbocycles. The minimum atomic E-state index is -0.553. The Hall–Kier alpha value is -2.02. The van der Waals surface area contributed by atoms with E-state index in [9.17, 15) is 14.0 Å². The molecule has 2 heterocycles. The van der Waals surface area contributed by atoms with Crippen molar-refractivity contribution in [1.82, 2.24) is 15.2 Å². The molecule has 1 aromatic heterocycles.